The van der Waals surface area contributed by atoms with Crippen LogP contribution in [0.1, 0.15) is 47.3 Å². The maximum Gasteiger partial charge on any atom is 0.274 e. The molecule has 1 aromatic carbocycles. The number of hydrogen-bond donors (Lipinski definition) is 1. The molecule has 0 bridgehead atoms. The monoisotopic (exact) mass is 317 g/mol. The highest BCUT2D eigenvalue weighted by Crippen LogP contribution is 2.30. The molecule has 0 saturated heterocycles. The third kappa shape index (κ3) is 3.12. The van der Waals surface area contributed by atoms with E-state index < -0.39 is 0 Å². The molecule has 23 heavy (non-hydrogen) atoms. The molecule has 1 N–H and O–H groups in total. The number of aromatic amines is 1. The van der Waals surface area contributed by atoms with Gasteiger partial charge >= 0.3 is 0 Å². The van der Waals surface area contributed by atoms with Gasteiger partial charge in [-0.1, -0.05) is 12.1 Å². The van der Waals surface area contributed by atoms with Crippen molar-refractivity contribution in [3.8, 4) is 0 Å². The topological polar surface area (TPSA) is 58.2 Å². The Kier molecular flexibility index (Phi) is 4.17. The second kappa shape index (κ2) is 6.12. The van der Waals surface area contributed by atoms with E-state index in [0.717, 1.165) is 16.8 Å². The van der Waals surface area contributed by atoms with Gasteiger partial charge in [0.2, 0.25) is 0 Å². The van der Waals surface area contributed by atoms with E-state index in [9.17, 15) is 9.18 Å². The number of carbonyl (C=O) groups is 1. The summed E-state index contributed by atoms with van der Waals surface area (Å²) in [6, 6.07) is 6.25. The van der Waals surface area contributed by atoms with E-state index in [0.29, 0.717) is 18.7 Å². The van der Waals surface area contributed by atoms with E-state index in [1.807, 2.05) is 13.8 Å². The summed E-state index contributed by atoms with van der Waals surface area (Å²) in [5.41, 5.74) is 2.97. The fourth-order valence-corrected chi connectivity index (χ4v) is 3.01. The Balaban J connectivity index is 1.81. The first kappa shape index (κ1) is 15.7. The Morgan fingerprint density at radius 1 is 1.48 bits per heavy atom. The van der Waals surface area contributed by atoms with Gasteiger partial charge < -0.3 is 9.64 Å². The molecular formula is C17H20FN3O2. The molecule has 0 unspecified atom stereocenters. The van der Waals surface area contributed by atoms with E-state index in [-0.39, 0.29) is 23.9 Å². The van der Waals surface area contributed by atoms with Gasteiger partial charge in [0.15, 0.2) is 5.69 Å². The van der Waals surface area contributed by atoms with Crippen LogP contribution in [0.3, 0.4) is 0 Å². The molecule has 0 spiro atoms. The summed E-state index contributed by atoms with van der Waals surface area (Å²) in [7, 11) is 1.69. The molecule has 122 valence electrons. The van der Waals surface area contributed by atoms with E-state index in [2.05, 4.69) is 10.2 Å². The van der Waals surface area contributed by atoms with Gasteiger partial charge in [-0.05, 0) is 31.5 Å². The Morgan fingerprint density at radius 3 is 3.00 bits per heavy atom. The summed E-state index contributed by atoms with van der Waals surface area (Å²) >= 11 is 0. The molecule has 0 saturated carbocycles. The third-order valence-electron chi connectivity index (χ3n) is 4.09. The number of fused-ring (bicyclic) bond motifs is 1. The van der Waals surface area contributed by atoms with E-state index >= 15 is 0 Å². The highest BCUT2D eigenvalue weighted by atomic mass is 19.1. The zero-order valence-corrected chi connectivity index (χ0v) is 13.5. The van der Waals surface area contributed by atoms with Crippen LogP contribution < -0.4 is 0 Å². The van der Waals surface area contributed by atoms with Crippen LogP contribution in [0, 0.1) is 5.82 Å². The van der Waals surface area contributed by atoms with E-state index in [1.54, 1.807) is 24.1 Å². The van der Waals surface area contributed by atoms with Gasteiger partial charge in [-0.25, -0.2) is 4.39 Å². The lowest BCUT2D eigenvalue weighted by molar-refractivity contribution is -0.00701. The minimum absolute atomic E-state index is 0.0511. The average molecular weight is 317 g/mol. The van der Waals surface area contributed by atoms with Crippen LogP contribution in [-0.2, 0) is 17.7 Å². The number of amides is 1. The van der Waals surface area contributed by atoms with Gasteiger partial charge in [0, 0.05) is 25.6 Å². The predicted molar refractivity (Wildman–Crippen MR) is 83.5 cm³/mol. The predicted octanol–water partition coefficient (Wildman–Crippen LogP) is 2.84. The molecule has 2 atom stereocenters. The Hall–Kier alpha value is -2.21. The maximum atomic E-state index is 13.3. The fraction of sp³-hybridized carbons (Fsp3) is 0.412. The Bertz CT molecular complexity index is 728. The van der Waals surface area contributed by atoms with Gasteiger partial charge in [-0.3, -0.25) is 9.89 Å². The summed E-state index contributed by atoms with van der Waals surface area (Å²) in [6.07, 6.45) is 0.608. The molecule has 0 fully saturated rings. The number of carbonyl (C=O) groups excluding carboxylic acids is 1. The summed E-state index contributed by atoms with van der Waals surface area (Å²) in [6.45, 7) is 4.26. The van der Waals surface area contributed by atoms with Crippen LogP contribution in [0.4, 0.5) is 4.39 Å². The third-order valence-corrected chi connectivity index (χ3v) is 4.09. The number of halogens is 1. The number of H-pyrrole nitrogens is 1. The first-order valence-electron chi connectivity index (χ1n) is 7.68. The summed E-state index contributed by atoms with van der Waals surface area (Å²) in [5, 5.41) is 7.12. The lowest BCUT2D eigenvalue weighted by Crippen LogP contribution is -2.29. The number of benzene rings is 1. The highest BCUT2D eigenvalue weighted by molar-refractivity contribution is 5.94. The maximum absolute atomic E-state index is 13.3. The Labute approximate surface area is 134 Å². The molecule has 0 aliphatic carbocycles. The second-order valence-electron chi connectivity index (χ2n) is 6.05. The summed E-state index contributed by atoms with van der Waals surface area (Å²) in [4.78, 5) is 14.2. The number of nitrogens with zero attached hydrogens (tertiary/aromatic N) is 2. The quantitative estimate of drug-likeness (QED) is 0.947. The number of ether oxygens (including phenoxy) is 1. The van der Waals surface area contributed by atoms with Crippen molar-refractivity contribution in [1.29, 1.82) is 0 Å². The van der Waals surface area contributed by atoms with Gasteiger partial charge in [0.05, 0.1) is 17.9 Å². The highest BCUT2D eigenvalue weighted by Gasteiger charge is 2.30. The average Bonchev–Trinajstić information content (AvgIpc) is 2.90. The van der Waals surface area contributed by atoms with Crippen molar-refractivity contribution < 1.29 is 13.9 Å². The first-order valence-corrected chi connectivity index (χ1v) is 7.68. The van der Waals surface area contributed by atoms with Gasteiger partial charge in [-0.15, -0.1) is 0 Å². The molecule has 2 aromatic rings. The zero-order valence-electron chi connectivity index (χ0n) is 13.5. The van der Waals surface area contributed by atoms with Gasteiger partial charge in [-0.2, -0.15) is 5.10 Å². The van der Waals surface area contributed by atoms with Crippen LogP contribution >= 0.6 is 0 Å². The van der Waals surface area contributed by atoms with Crippen molar-refractivity contribution in [3.63, 3.8) is 0 Å². The molecule has 6 heteroatoms. The number of aromatic nitrogens is 2. The van der Waals surface area contributed by atoms with Crippen LogP contribution in [0.5, 0.6) is 0 Å². The molecule has 3 rings (SSSR count). The minimum atomic E-state index is -0.305. The van der Waals surface area contributed by atoms with Crippen LogP contribution in [-0.4, -0.2) is 34.2 Å². The Morgan fingerprint density at radius 2 is 2.26 bits per heavy atom. The SMILES string of the molecule is C[C@@H]1Cc2c(C(=O)N(C)Cc3cccc(F)c3)n[nH]c2[C@H](C)O1. The number of nitrogens with one attached hydrogen (secondary N) is 1. The number of hydrogen-bond acceptors (Lipinski definition) is 3. The van der Waals surface area contributed by atoms with Gasteiger partial charge in [0.25, 0.3) is 5.91 Å². The molecular weight excluding hydrogens is 297 g/mol. The smallest absolute Gasteiger partial charge is 0.274 e. The molecule has 1 aliphatic rings. The molecule has 1 aliphatic heterocycles. The molecule has 5 nitrogen and oxygen atoms in total. The van der Waals surface area contributed by atoms with Crippen LogP contribution in [0.25, 0.3) is 0 Å². The molecule has 2 heterocycles. The largest absolute Gasteiger partial charge is 0.369 e. The molecule has 0 radical (unpaired) electrons. The second-order valence-corrected chi connectivity index (χ2v) is 6.05. The van der Waals surface area contributed by atoms with Crippen LogP contribution in [0.15, 0.2) is 24.3 Å². The molecule has 1 amide bonds. The fourth-order valence-electron chi connectivity index (χ4n) is 3.01. The van der Waals surface area contributed by atoms with Crippen molar-refractivity contribution in [2.75, 3.05) is 7.05 Å². The lowest BCUT2D eigenvalue weighted by Gasteiger charge is -2.25. The standard InChI is InChI=1S/C17H20FN3O2/c1-10-7-14-15(11(2)23-10)19-20-16(14)17(22)21(3)9-12-5-4-6-13(18)8-12/h4-6,8,10-11H,7,9H2,1-3H3,(H,19,20)/t10-,11+/m1/s1. The number of rotatable bonds is 3. The van der Waals surface area contributed by atoms with E-state index in [1.165, 1.54) is 12.1 Å². The normalized spacial score (nSPS) is 20.2. The van der Waals surface area contributed by atoms with Crippen molar-refractivity contribution in [2.24, 2.45) is 0 Å². The van der Waals surface area contributed by atoms with Crippen molar-refractivity contribution in [1.82, 2.24) is 15.1 Å². The lowest BCUT2D eigenvalue weighted by atomic mass is 9.99. The summed E-state index contributed by atoms with van der Waals surface area (Å²) in [5.74, 6) is -0.478. The van der Waals surface area contributed by atoms with Crippen molar-refractivity contribution in [2.45, 2.75) is 39.0 Å². The summed E-state index contributed by atoms with van der Waals surface area (Å²) < 4.78 is 19.0. The van der Waals surface area contributed by atoms with Crippen molar-refractivity contribution >= 4 is 5.91 Å². The van der Waals surface area contributed by atoms with E-state index in [4.69, 9.17) is 4.74 Å². The van der Waals surface area contributed by atoms with Crippen LogP contribution in [0.2, 0.25) is 0 Å². The molecule has 1 aromatic heterocycles. The van der Waals surface area contributed by atoms with Crippen molar-refractivity contribution in [3.05, 3.63) is 52.6 Å². The minimum Gasteiger partial charge on any atom is -0.369 e. The first-order chi connectivity index (χ1) is 11.0. The van der Waals surface area contributed by atoms with Gasteiger partial charge in [0.1, 0.15) is 5.82 Å². The zero-order chi connectivity index (χ0) is 16.6.